The van der Waals surface area contributed by atoms with Gasteiger partial charge in [-0.05, 0) is 6.42 Å². The maximum atomic E-state index is 10.7. The van der Waals surface area contributed by atoms with Crippen molar-refractivity contribution in [3.05, 3.63) is 29.4 Å². The van der Waals surface area contributed by atoms with Crippen LogP contribution >= 0.6 is 0 Å². The van der Waals surface area contributed by atoms with Gasteiger partial charge in [-0.3, -0.25) is 4.68 Å². The molecule has 0 aliphatic carbocycles. The molecule has 0 aliphatic heterocycles. The number of rotatable bonds is 6. The molecule has 0 spiro atoms. The van der Waals surface area contributed by atoms with E-state index in [1.54, 1.807) is 4.68 Å². The topological polar surface area (TPSA) is 44.3 Å². The minimum absolute atomic E-state index is 0.376. The van der Waals surface area contributed by atoms with Crippen LogP contribution in [0.15, 0.2) is 18.9 Å². The number of ether oxygens (including phenoxy) is 1. The first-order valence-corrected chi connectivity index (χ1v) is 5.14. The van der Waals surface area contributed by atoms with Crippen molar-refractivity contribution in [2.45, 2.75) is 19.4 Å². The summed E-state index contributed by atoms with van der Waals surface area (Å²) in [6.07, 6.45) is 4.72. The molecule has 0 radical (unpaired) electrons. The number of carbonyl (C=O) groups is 1. The molecule has 1 heterocycles. The van der Waals surface area contributed by atoms with Gasteiger partial charge in [-0.1, -0.05) is 18.5 Å². The molecule has 16 heavy (non-hydrogen) atoms. The van der Waals surface area contributed by atoms with Crippen LogP contribution < -0.4 is 20.3 Å². The lowest BCUT2D eigenvalue weighted by atomic mass is 10.3. The highest BCUT2D eigenvalue weighted by Crippen LogP contribution is 1.90. The lowest BCUT2D eigenvalue weighted by molar-refractivity contribution is -0.756. The first-order chi connectivity index (χ1) is 7.63. The summed E-state index contributed by atoms with van der Waals surface area (Å²) in [5.74, 6) is -0.376. The second-order valence-corrected chi connectivity index (χ2v) is 3.44. The molecule has 1 aromatic rings. The molecule has 0 aromatic carbocycles. The fourth-order valence-corrected chi connectivity index (χ4v) is 1.22. The molecule has 4 nitrogen and oxygen atoms in total. The number of aryl methyl sites for hydroxylation is 1. The maximum absolute atomic E-state index is 10.7. The molecular weight excluding hydrogens is 204 g/mol. The summed E-state index contributed by atoms with van der Waals surface area (Å²) in [4.78, 5) is 10.7. The summed E-state index contributed by atoms with van der Waals surface area (Å²) in [7, 11) is 0. The largest absolute Gasteiger partial charge is 0.463 e. The summed E-state index contributed by atoms with van der Waals surface area (Å²) >= 11 is 0. The predicted octanol–water partition coefficient (Wildman–Crippen LogP) is -0.739. The number of hydrogen-bond donors (Lipinski definition) is 0. The molecule has 0 saturated heterocycles. The Morgan fingerprint density at radius 2 is 2.25 bits per heavy atom. The Hall–Kier alpha value is -1.84. The van der Waals surface area contributed by atoms with E-state index >= 15 is 0 Å². The molecule has 0 unspecified atom stereocenters. The quantitative estimate of drug-likeness (QED) is 0.274. The van der Waals surface area contributed by atoms with Gasteiger partial charge in [0.2, 0.25) is 0 Å². The lowest BCUT2D eigenvalue weighted by Crippen LogP contribution is -2.39. The van der Waals surface area contributed by atoms with E-state index in [9.17, 15) is 4.79 Å². The highest BCUT2D eigenvalue weighted by molar-refractivity contribution is 5.81. The van der Waals surface area contributed by atoms with Gasteiger partial charge >= 0.3 is 5.97 Å². The highest BCUT2D eigenvalue weighted by Gasteiger charge is 1.98. The molecular formula is C12H16N2O2. The number of carbonyl (C=O) groups excluding carboxylic acids is 1. The van der Waals surface area contributed by atoms with E-state index in [4.69, 9.17) is 4.74 Å². The van der Waals surface area contributed by atoms with Gasteiger partial charge in [0.1, 0.15) is 6.54 Å². The standard InChI is InChI=1S/C12H16N2O2/c1-4-12(15)16-8-6-5-7-14-9-10(2)11(3)13-14/h4,9H,1-3,5-8H2. The highest BCUT2D eigenvalue weighted by atomic mass is 16.5. The van der Waals surface area contributed by atoms with E-state index in [0.717, 1.165) is 30.7 Å². The minimum Gasteiger partial charge on any atom is -0.463 e. The van der Waals surface area contributed by atoms with Crippen molar-refractivity contribution in [1.82, 2.24) is 5.10 Å². The fraction of sp³-hybridized carbons (Fsp3) is 0.333. The second kappa shape index (κ2) is 5.90. The number of esters is 1. The third-order valence-corrected chi connectivity index (χ3v) is 2.12. The third kappa shape index (κ3) is 3.73. The monoisotopic (exact) mass is 220 g/mol. The van der Waals surface area contributed by atoms with Gasteiger partial charge < -0.3 is 9.84 Å². The van der Waals surface area contributed by atoms with Crippen LogP contribution in [0.2, 0.25) is 0 Å². The molecule has 0 saturated carbocycles. The van der Waals surface area contributed by atoms with Gasteiger partial charge in [-0.2, -0.15) is 0 Å². The van der Waals surface area contributed by atoms with E-state index in [2.05, 4.69) is 24.8 Å². The number of nitrogens with zero attached hydrogens (tertiary/aromatic N) is 2. The Bertz CT molecular complexity index is 434. The van der Waals surface area contributed by atoms with Crippen molar-refractivity contribution in [3.63, 3.8) is 0 Å². The summed E-state index contributed by atoms with van der Waals surface area (Å²) < 4.78 is 6.65. The van der Waals surface area contributed by atoms with Crippen LogP contribution in [0.1, 0.15) is 12.8 Å². The summed E-state index contributed by atoms with van der Waals surface area (Å²) in [5, 5.41) is 5.73. The van der Waals surface area contributed by atoms with Gasteiger partial charge in [-0.15, -0.1) is 6.58 Å². The van der Waals surface area contributed by atoms with Crippen LogP contribution in [0, 0.1) is 0 Å². The van der Waals surface area contributed by atoms with Gasteiger partial charge in [0.15, 0.2) is 6.20 Å². The van der Waals surface area contributed by atoms with Crippen molar-refractivity contribution in [2.24, 2.45) is 0 Å². The van der Waals surface area contributed by atoms with E-state index in [1.807, 2.05) is 6.20 Å². The van der Waals surface area contributed by atoms with Crippen LogP contribution in [-0.2, 0) is 16.1 Å². The molecule has 0 amide bonds. The molecule has 86 valence electrons. The molecule has 0 fully saturated rings. The summed E-state index contributed by atoms with van der Waals surface area (Å²) in [5.41, 5.74) is 0. The van der Waals surface area contributed by atoms with Gasteiger partial charge in [0.05, 0.1) is 6.61 Å². The molecule has 4 heteroatoms. The van der Waals surface area contributed by atoms with Crippen molar-refractivity contribution < 1.29 is 14.2 Å². The first-order valence-electron chi connectivity index (χ1n) is 5.14. The number of hydrogen-bond acceptors (Lipinski definition) is 2. The Kier molecular flexibility index (Phi) is 4.51. The van der Waals surface area contributed by atoms with Crippen molar-refractivity contribution >= 4 is 19.1 Å². The van der Waals surface area contributed by atoms with E-state index < -0.39 is 0 Å². The lowest BCUT2D eigenvalue weighted by Gasteiger charge is -2.01. The molecule has 0 aliphatic rings. The van der Waals surface area contributed by atoms with Crippen molar-refractivity contribution in [2.75, 3.05) is 6.61 Å². The van der Waals surface area contributed by atoms with Crippen LogP contribution in [0.3, 0.4) is 0 Å². The summed E-state index contributed by atoms with van der Waals surface area (Å²) in [6, 6.07) is 0. The minimum atomic E-state index is -0.376. The third-order valence-electron chi connectivity index (χ3n) is 2.12. The Balaban J connectivity index is 2.21. The Morgan fingerprint density at radius 3 is 2.81 bits per heavy atom. The molecule has 1 rings (SSSR count). The second-order valence-electron chi connectivity index (χ2n) is 3.44. The predicted molar refractivity (Wildman–Crippen MR) is 60.6 cm³/mol. The van der Waals surface area contributed by atoms with E-state index in [1.165, 1.54) is 0 Å². The zero-order valence-corrected chi connectivity index (χ0v) is 9.32. The Labute approximate surface area is 94.5 Å². The number of unbranched alkanes of at least 4 members (excludes halogenated alkanes) is 1. The first kappa shape index (κ1) is 12.2. The van der Waals surface area contributed by atoms with Crippen LogP contribution in [0.4, 0.5) is 0 Å². The van der Waals surface area contributed by atoms with Crippen LogP contribution in [0.5, 0.6) is 0 Å². The zero-order valence-electron chi connectivity index (χ0n) is 9.32. The normalized spacial score (nSPS) is 10.0. The van der Waals surface area contributed by atoms with Crippen molar-refractivity contribution in [3.8, 4) is 0 Å². The summed E-state index contributed by atoms with van der Waals surface area (Å²) in [6.45, 7) is 12.1. The average Bonchev–Trinajstić information content (AvgIpc) is 2.57. The molecule has 0 bridgehead atoms. The van der Waals surface area contributed by atoms with Gasteiger partial charge in [0.25, 0.3) is 0 Å². The van der Waals surface area contributed by atoms with Gasteiger partial charge in [-0.25, -0.2) is 4.79 Å². The zero-order chi connectivity index (χ0) is 12.0. The molecule has 1 aromatic heterocycles. The van der Waals surface area contributed by atoms with Crippen molar-refractivity contribution in [1.29, 1.82) is 0 Å². The van der Waals surface area contributed by atoms with Crippen LogP contribution in [-0.4, -0.2) is 12.6 Å². The van der Waals surface area contributed by atoms with Crippen LogP contribution in [0.25, 0.3) is 13.2 Å². The van der Waals surface area contributed by atoms with E-state index in [-0.39, 0.29) is 5.97 Å². The SMILES string of the molecule is C=CC(=O)OCCCC[n+]1cc(=C)c(=C)[n-]1. The Morgan fingerprint density at radius 1 is 1.50 bits per heavy atom. The molecule has 0 atom stereocenters. The van der Waals surface area contributed by atoms with E-state index in [0.29, 0.717) is 12.0 Å². The number of aromatic nitrogens is 2. The van der Waals surface area contributed by atoms with Gasteiger partial charge in [0, 0.05) is 17.7 Å². The fourth-order valence-electron chi connectivity index (χ4n) is 1.22. The average molecular weight is 220 g/mol. The molecule has 0 N–H and O–H groups in total. The smallest absolute Gasteiger partial charge is 0.330 e. The maximum Gasteiger partial charge on any atom is 0.330 e.